The molecular weight excluding hydrogens is 280 g/mol. The Morgan fingerprint density at radius 2 is 2.00 bits per heavy atom. The fraction of sp³-hybridized carbons (Fsp3) is 0.500. The maximum atomic E-state index is 12.2. The van der Waals surface area contributed by atoms with Crippen LogP contribution in [0.15, 0.2) is 12.1 Å². The van der Waals surface area contributed by atoms with Crippen LogP contribution in [-0.4, -0.2) is 32.7 Å². The van der Waals surface area contributed by atoms with E-state index in [-0.39, 0.29) is 17.9 Å². The predicted molar refractivity (Wildman–Crippen MR) is 78.8 cm³/mol. The standard InChI is InChI=1S/C14H19ClN2O3/c1-8-9(4-5-16-8)14(18)17-11-7-13(20-3)12(19-2)6-10(11)15/h6-9,16H,4-5H2,1-3H3,(H,17,18). The maximum absolute atomic E-state index is 12.2. The molecule has 1 saturated heterocycles. The Morgan fingerprint density at radius 1 is 1.35 bits per heavy atom. The van der Waals surface area contributed by atoms with Gasteiger partial charge in [-0.3, -0.25) is 4.79 Å². The van der Waals surface area contributed by atoms with E-state index in [1.54, 1.807) is 19.2 Å². The van der Waals surface area contributed by atoms with E-state index >= 15 is 0 Å². The Bertz CT molecular complexity index is 507. The number of methoxy groups -OCH3 is 2. The minimum absolute atomic E-state index is 0.0309. The Morgan fingerprint density at radius 3 is 2.55 bits per heavy atom. The molecule has 2 N–H and O–H groups in total. The van der Waals surface area contributed by atoms with Gasteiger partial charge >= 0.3 is 0 Å². The second-order valence-electron chi connectivity index (χ2n) is 4.81. The average molecular weight is 299 g/mol. The molecule has 0 aliphatic carbocycles. The summed E-state index contributed by atoms with van der Waals surface area (Å²) in [7, 11) is 3.08. The van der Waals surface area contributed by atoms with E-state index in [4.69, 9.17) is 21.1 Å². The number of ether oxygens (including phenoxy) is 2. The molecular formula is C14H19ClN2O3. The number of halogens is 1. The average Bonchev–Trinajstić information content (AvgIpc) is 2.86. The monoisotopic (exact) mass is 298 g/mol. The van der Waals surface area contributed by atoms with Gasteiger partial charge in [-0.1, -0.05) is 11.6 Å². The van der Waals surface area contributed by atoms with Crippen LogP contribution in [0.4, 0.5) is 5.69 Å². The van der Waals surface area contributed by atoms with Crippen LogP contribution >= 0.6 is 11.6 Å². The van der Waals surface area contributed by atoms with Gasteiger partial charge in [0.05, 0.1) is 30.8 Å². The minimum Gasteiger partial charge on any atom is -0.493 e. The van der Waals surface area contributed by atoms with Crippen LogP contribution < -0.4 is 20.1 Å². The van der Waals surface area contributed by atoms with Crippen molar-refractivity contribution < 1.29 is 14.3 Å². The molecule has 1 aromatic rings. The zero-order valence-electron chi connectivity index (χ0n) is 11.8. The Hall–Kier alpha value is -1.46. The van der Waals surface area contributed by atoms with E-state index in [9.17, 15) is 4.79 Å². The van der Waals surface area contributed by atoms with Gasteiger partial charge in [-0.2, -0.15) is 0 Å². The summed E-state index contributed by atoms with van der Waals surface area (Å²) in [6, 6.07) is 3.48. The van der Waals surface area contributed by atoms with Gasteiger partial charge in [-0.05, 0) is 19.9 Å². The first-order chi connectivity index (χ1) is 9.56. The summed E-state index contributed by atoms with van der Waals surface area (Å²) in [4.78, 5) is 12.2. The molecule has 1 aliphatic rings. The summed E-state index contributed by atoms with van der Waals surface area (Å²) in [5.74, 6) is 0.993. The van der Waals surface area contributed by atoms with Crippen LogP contribution in [0.2, 0.25) is 5.02 Å². The Labute approximate surface area is 123 Å². The summed E-state index contributed by atoms with van der Waals surface area (Å²) in [5.41, 5.74) is 0.536. The SMILES string of the molecule is COc1cc(Cl)c(NC(=O)C2CCNC2C)cc1OC. The largest absolute Gasteiger partial charge is 0.493 e. The van der Waals surface area contributed by atoms with Crippen molar-refractivity contribution in [2.75, 3.05) is 26.1 Å². The van der Waals surface area contributed by atoms with Crippen LogP contribution in [0.3, 0.4) is 0 Å². The van der Waals surface area contributed by atoms with E-state index in [1.165, 1.54) is 7.11 Å². The van der Waals surface area contributed by atoms with E-state index in [1.807, 2.05) is 6.92 Å². The number of rotatable bonds is 4. The highest BCUT2D eigenvalue weighted by Gasteiger charge is 2.29. The van der Waals surface area contributed by atoms with Gasteiger partial charge in [0.25, 0.3) is 0 Å². The highest BCUT2D eigenvalue weighted by atomic mass is 35.5. The minimum atomic E-state index is -0.0424. The van der Waals surface area contributed by atoms with Crippen LogP contribution in [0.1, 0.15) is 13.3 Å². The van der Waals surface area contributed by atoms with Crippen molar-refractivity contribution in [3.05, 3.63) is 17.2 Å². The van der Waals surface area contributed by atoms with Crippen molar-refractivity contribution in [2.45, 2.75) is 19.4 Å². The molecule has 1 aromatic carbocycles. The predicted octanol–water partition coefficient (Wildman–Crippen LogP) is 2.29. The summed E-state index contributed by atoms with van der Waals surface area (Å²) >= 11 is 6.16. The van der Waals surface area contributed by atoms with E-state index in [0.29, 0.717) is 22.2 Å². The Balaban J connectivity index is 2.18. The molecule has 1 aliphatic heterocycles. The number of hydrogen-bond donors (Lipinski definition) is 2. The van der Waals surface area contributed by atoms with Crippen molar-refractivity contribution in [3.63, 3.8) is 0 Å². The second kappa shape index (κ2) is 6.33. The van der Waals surface area contributed by atoms with Crippen molar-refractivity contribution in [1.29, 1.82) is 0 Å². The van der Waals surface area contributed by atoms with Gasteiger partial charge in [0.15, 0.2) is 11.5 Å². The lowest BCUT2D eigenvalue weighted by atomic mass is 10.0. The van der Waals surface area contributed by atoms with Crippen LogP contribution in [0.25, 0.3) is 0 Å². The van der Waals surface area contributed by atoms with E-state index in [0.717, 1.165) is 13.0 Å². The van der Waals surface area contributed by atoms with Gasteiger partial charge < -0.3 is 20.1 Å². The number of nitrogens with one attached hydrogen (secondary N) is 2. The van der Waals surface area contributed by atoms with Crippen molar-refractivity contribution in [3.8, 4) is 11.5 Å². The molecule has 20 heavy (non-hydrogen) atoms. The quantitative estimate of drug-likeness (QED) is 0.895. The summed E-state index contributed by atoms with van der Waals surface area (Å²) in [5, 5.41) is 6.54. The van der Waals surface area contributed by atoms with E-state index in [2.05, 4.69) is 10.6 Å². The van der Waals surface area contributed by atoms with Gasteiger partial charge in [0, 0.05) is 18.2 Å². The topological polar surface area (TPSA) is 59.6 Å². The van der Waals surface area contributed by atoms with Gasteiger partial charge in [-0.15, -0.1) is 0 Å². The van der Waals surface area contributed by atoms with E-state index < -0.39 is 0 Å². The number of carbonyl (C=O) groups is 1. The highest BCUT2D eigenvalue weighted by molar-refractivity contribution is 6.34. The lowest BCUT2D eigenvalue weighted by Gasteiger charge is -2.17. The number of hydrogen-bond acceptors (Lipinski definition) is 4. The summed E-state index contributed by atoms with van der Waals surface area (Å²) < 4.78 is 10.4. The molecule has 1 heterocycles. The zero-order valence-corrected chi connectivity index (χ0v) is 12.6. The first-order valence-electron chi connectivity index (χ1n) is 6.52. The summed E-state index contributed by atoms with van der Waals surface area (Å²) in [6.07, 6.45) is 0.831. The number of carbonyl (C=O) groups excluding carboxylic acids is 1. The van der Waals surface area contributed by atoms with Gasteiger partial charge in [0.2, 0.25) is 5.91 Å². The molecule has 1 fully saturated rings. The molecule has 6 heteroatoms. The number of amides is 1. The second-order valence-corrected chi connectivity index (χ2v) is 5.22. The lowest BCUT2D eigenvalue weighted by molar-refractivity contribution is -0.120. The molecule has 2 atom stereocenters. The van der Waals surface area contributed by atoms with Crippen LogP contribution in [0.5, 0.6) is 11.5 Å². The van der Waals surface area contributed by atoms with Gasteiger partial charge in [0.1, 0.15) is 0 Å². The fourth-order valence-corrected chi connectivity index (χ4v) is 2.59. The molecule has 0 spiro atoms. The zero-order chi connectivity index (χ0) is 14.7. The molecule has 110 valence electrons. The molecule has 5 nitrogen and oxygen atoms in total. The third-order valence-corrected chi connectivity index (χ3v) is 3.91. The third-order valence-electron chi connectivity index (χ3n) is 3.59. The lowest BCUT2D eigenvalue weighted by Crippen LogP contribution is -2.32. The molecule has 1 amide bonds. The fourth-order valence-electron chi connectivity index (χ4n) is 2.39. The number of benzene rings is 1. The first-order valence-corrected chi connectivity index (χ1v) is 6.90. The first kappa shape index (κ1) is 14.9. The normalized spacial score (nSPS) is 21.6. The number of anilines is 1. The Kier molecular flexibility index (Phi) is 4.73. The molecule has 0 saturated carbocycles. The third kappa shape index (κ3) is 2.99. The molecule has 0 bridgehead atoms. The van der Waals surface area contributed by atoms with Crippen molar-refractivity contribution in [1.82, 2.24) is 5.32 Å². The van der Waals surface area contributed by atoms with Gasteiger partial charge in [-0.25, -0.2) is 0 Å². The van der Waals surface area contributed by atoms with Crippen LogP contribution in [-0.2, 0) is 4.79 Å². The van der Waals surface area contributed by atoms with Crippen LogP contribution in [0, 0.1) is 5.92 Å². The smallest absolute Gasteiger partial charge is 0.229 e. The molecule has 2 rings (SSSR count). The summed E-state index contributed by atoms with van der Waals surface area (Å²) in [6.45, 7) is 2.87. The highest BCUT2D eigenvalue weighted by Crippen LogP contribution is 2.36. The molecule has 0 aromatic heterocycles. The van der Waals surface area contributed by atoms with Crippen molar-refractivity contribution >= 4 is 23.2 Å². The maximum Gasteiger partial charge on any atom is 0.229 e. The van der Waals surface area contributed by atoms with Crippen molar-refractivity contribution in [2.24, 2.45) is 5.92 Å². The molecule has 2 unspecified atom stereocenters. The molecule has 0 radical (unpaired) electrons.